The van der Waals surface area contributed by atoms with Crippen molar-refractivity contribution in [3.05, 3.63) is 60.3 Å². The van der Waals surface area contributed by atoms with Crippen LogP contribution < -0.4 is 20.3 Å². The van der Waals surface area contributed by atoms with E-state index in [9.17, 15) is 38.3 Å². The highest BCUT2D eigenvalue weighted by Gasteiger charge is 2.45. The number of halogens is 1. The standard InChI is InChI=1S/C28H31ClN8O9P2/c1-3-21(38)30-17-6-4-5-16(13-17)25-24-26(29)34-35-27(24)33-28(32-25)31-18-7-8-19(37-11-9-36(2)10-12-37)20(14-18)46-22(39)15-23(47(40,41)42)48(43,44)45/h3-8,13-14,23H,1,9-12,15H2,2H3,(H,30,38)(H2,40,41,42)(H2,43,44,45)(H2,31,32,33,34,35). The van der Waals surface area contributed by atoms with Crippen LogP contribution in [0.25, 0.3) is 22.3 Å². The number of H-pyrrole nitrogens is 1. The number of esters is 1. The lowest BCUT2D eigenvalue weighted by Gasteiger charge is -2.34. The molecule has 5 rings (SSSR count). The van der Waals surface area contributed by atoms with E-state index >= 15 is 0 Å². The second kappa shape index (κ2) is 14.1. The van der Waals surface area contributed by atoms with Crippen molar-refractivity contribution in [3.8, 4) is 17.0 Å². The number of hydrogen-bond donors (Lipinski definition) is 7. The van der Waals surface area contributed by atoms with Crippen molar-refractivity contribution < 1.29 is 43.0 Å². The predicted octanol–water partition coefficient (Wildman–Crippen LogP) is 3.27. The summed E-state index contributed by atoms with van der Waals surface area (Å²) in [5.74, 6) is -1.62. The Hall–Kier alpha value is -4.18. The van der Waals surface area contributed by atoms with E-state index < -0.39 is 38.9 Å². The second-order valence-electron chi connectivity index (χ2n) is 10.8. The lowest BCUT2D eigenvalue weighted by Crippen LogP contribution is -2.44. The van der Waals surface area contributed by atoms with Crippen LogP contribution in [0.3, 0.4) is 0 Å². The lowest BCUT2D eigenvalue weighted by molar-refractivity contribution is -0.134. The van der Waals surface area contributed by atoms with Crippen LogP contribution in [-0.2, 0) is 18.7 Å². The van der Waals surface area contributed by atoms with Crippen LogP contribution in [-0.4, -0.2) is 95.1 Å². The van der Waals surface area contributed by atoms with Crippen molar-refractivity contribution in [1.82, 2.24) is 25.1 Å². The van der Waals surface area contributed by atoms with Gasteiger partial charge in [-0.1, -0.05) is 30.3 Å². The zero-order valence-corrected chi connectivity index (χ0v) is 27.8. The minimum absolute atomic E-state index is 0.0282. The van der Waals surface area contributed by atoms with Gasteiger partial charge in [0.15, 0.2) is 16.8 Å². The zero-order valence-electron chi connectivity index (χ0n) is 25.3. The van der Waals surface area contributed by atoms with Gasteiger partial charge in [-0.15, -0.1) is 0 Å². The van der Waals surface area contributed by atoms with Gasteiger partial charge in [0.25, 0.3) is 0 Å². The topological polar surface area (TPSA) is 243 Å². The number of anilines is 4. The molecule has 2 aromatic carbocycles. The van der Waals surface area contributed by atoms with E-state index in [1.165, 1.54) is 6.07 Å². The maximum absolute atomic E-state index is 12.9. The molecule has 48 heavy (non-hydrogen) atoms. The largest absolute Gasteiger partial charge is 0.424 e. The molecule has 1 amide bonds. The number of aromatic amines is 1. The number of benzene rings is 2. The van der Waals surface area contributed by atoms with Gasteiger partial charge in [-0.2, -0.15) is 10.1 Å². The molecule has 0 radical (unpaired) electrons. The van der Waals surface area contributed by atoms with E-state index in [-0.39, 0.29) is 22.5 Å². The summed E-state index contributed by atoms with van der Waals surface area (Å²) in [4.78, 5) is 75.9. The summed E-state index contributed by atoms with van der Waals surface area (Å²) in [6.07, 6.45) is -0.0947. The van der Waals surface area contributed by atoms with Gasteiger partial charge in [-0.25, -0.2) is 4.98 Å². The first-order valence-corrected chi connectivity index (χ1v) is 18.0. The summed E-state index contributed by atoms with van der Waals surface area (Å²) >= 11 is 6.39. The number of nitrogens with one attached hydrogen (secondary N) is 3. The van der Waals surface area contributed by atoms with E-state index in [1.807, 2.05) is 11.9 Å². The molecule has 0 saturated carbocycles. The number of aromatic nitrogens is 4. The highest BCUT2D eigenvalue weighted by molar-refractivity contribution is 7.70. The van der Waals surface area contributed by atoms with Gasteiger partial charge < -0.3 is 44.7 Å². The molecule has 0 bridgehead atoms. The highest BCUT2D eigenvalue weighted by atomic mass is 35.5. The van der Waals surface area contributed by atoms with Crippen molar-refractivity contribution >= 4 is 72.7 Å². The number of ether oxygens (including phenoxy) is 1. The zero-order chi connectivity index (χ0) is 34.8. The van der Waals surface area contributed by atoms with Crippen LogP contribution >= 0.6 is 26.8 Å². The Morgan fingerprint density at radius 1 is 1.06 bits per heavy atom. The number of nitrogens with zero attached hydrogens (tertiary/aromatic N) is 5. The maximum Gasteiger partial charge on any atom is 0.341 e. The molecule has 7 N–H and O–H groups in total. The van der Waals surface area contributed by atoms with E-state index in [0.717, 1.165) is 6.08 Å². The Balaban J connectivity index is 1.50. The van der Waals surface area contributed by atoms with Gasteiger partial charge in [0, 0.05) is 49.2 Å². The molecule has 17 nitrogen and oxygen atoms in total. The molecule has 0 aliphatic carbocycles. The van der Waals surface area contributed by atoms with Crippen LogP contribution in [0, 0.1) is 0 Å². The number of fused-ring (bicyclic) bond motifs is 1. The normalized spacial score (nSPS) is 14.3. The van der Waals surface area contributed by atoms with Gasteiger partial charge in [-0.05, 0) is 37.4 Å². The molecule has 1 saturated heterocycles. The molecule has 0 atom stereocenters. The van der Waals surface area contributed by atoms with E-state index in [2.05, 4.69) is 42.3 Å². The number of rotatable bonds is 11. The number of hydrogen-bond acceptors (Lipinski definition) is 11. The third kappa shape index (κ3) is 8.27. The van der Waals surface area contributed by atoms with E-state index in [4.69, 9.17) is 16.3 Å². The molecule has 1 aliphatic rings. The number of carbonyl (C=O) groups excluding carboxylic acids is 2. The molecule has 0 spiro atoms. The highest BCUT2D eigenvalue weighted by Crippen LogP contribution is 2.61. The molecule has 0 unspecified atom stereocenters. The first kappa shape index (κ1) is 35.1. The summed E-state index contributed by atoms with van der Waals surface area (Å²) < 4.78 is 29.1. The Kier molecular flexibility index (Phi) is 10.3. The third-order valence-electron chi connectivity index (χ3n) is 7.37. The van der Waals surface area contributed by atoms with Crippen LogP contribution in [0.5, 0.6) is 5.75 Å². The monoisotopic (exact) mass is 720 g/mol. The van der Waals surface area contributed by atoms with E-state index in [0.29, 0.717) is 59.9 Å². The molecule has 254 valence electrons. The van der Waals surface area contributed by atoms with Crippen molar-refractivity contribution in [2.75, 3.05) is 48.8 Å². The van der Waals surface area contributed by atoms with Crippen molar-refractivity contribution in [2.45, 2.75) is 11.8 Å². The summed E-state index contributed by atoms with van der Waals surface area (Å²) in [6, 6.07) is 11.6. The van der Waals surface area contributed by atoms with Crippen molar-refractivity contribution in [2.24, 2.45) is 0 Å². The molecule has 1 aliphatic heterocycles. The van der Waals surface area contributed by atoms with Gasteiger partial charge in [0.2, 0.25) is 11.9 Å². The van der Waals surface area contributed by atoms with Gasteiger partial charge >= 0.3 is 21.2 Å². The Bertz CT molecular complexity index is 1950. The van der Waals surface area contributed by atoms with Crippen LogP contribution in [0.2, 0.25) is 5.15 Å². The fourth-order valence-electron chi connectivity index (χ4n) is 4.95. The fourth-order valence-corrected chi connectivity index (χ4v) is 7.51. The minimum atomic E-state index is -5.37. The van der Waals surface area contributed by atoms with Crippen molar-refractivity contribution in [3.63, 3.8) is 0 Å². The smallest absolute Gasteiger partial charge is 0.341 e. The number of piperazine rings is 1. The number of likely N-dealkylation sites (N-methyl/N-ethyl adjacent to an activating group) is 1. The average Bonchev–Trinajstić information content (AvgIpc) is 3.39. The molecule has 3 heterocycles. The number of carbonyl (C=O) groups is 2. The lowest BCUT2D eigenvalue weighted by atomic mass is 10.1. The molecule has 2 aromatic heterocycles. The first-order valence-electron chi connectivity index (χ1n) is 14.2. The summed E-state index contributed by atoms with van der Waals surface area (Å²) in [5.41, 5.74) is 2.44. The van der Waals surface area contributed by atoms with Crippen molar-refractivity contribution in [1.29, 1.82) is 0 Å². The number of amides is 1. The van der Waals surface area contributed by atoms with Crippen LogP contribution in [0.1, 0.15) is 6.42 Å². The average molecular weight is 721 g/mol. The molecule has 4 aromatic rings. The fraction of sp³-hybridized carbons (Fsp3) is 0.250. The minimum Gasteiger partial charge on any atom is -0.424 e. The summed E-state index contributed by atoms with van der Waals surface area (Å²) in [7, 11) is -8.78. The van der Waals surface area contributed by atoms with Gasteiger partial charge in [-0.3, -0.25) is 23.8 Å². The van der Waals surface area contributed by atoms with E-state index in [1.54, 1.807) is 36.4 Å². The Morgan fingerprint density at radius 3 is 2.44 bits per heavy atom. The summed E-state index contributed by atoms with van der Waals surface area (Å²) in [6.45, 7) is 5.99. The summed E-state index contributed by atoms with van der Waals surface area (Å²) in [5, 5.41) is 10.6. The molecule has 20 heteroatoms. The Morgan fingerprint density at radius 2 is 1.77 bits per heavy atom. The molecule has 1 fully saturated rings. The van der Waals surface area contributed by atoms with Gasteiger partial charge in [0.05, 0.1) is 23.2 Å². The van der Waals surface area contributed by atoms with Gasteiger partial charge in [0.1, 0.15) is 5.15 Å². The van der Waals surface area contributed by atoms with Crippen LogP contribution in [0.4, 0.5) is 23.0 Å². The molecular weight excluding hydrogens is 690 g/mol. The SMILES string of the molecule is C=CC(=O)Nc1cccc(-c2nc(Nc3ccc(N4CCN(C)CC4)c(OC(=O)CC(P(=O)(O)O)P(=O)(O)O)c3)nc3n[nH]c(Cl)c23)c1. The first-order chi connectivity index (χ1) is 22.6. The third-order valence-corrected chi connectivity index (χ3v) is 11.4. The maximum atomic E-state index is 12.9. The van der Waals surface area contributed by atoms with Crippen LogP contribution in [0.15, 0.2) is 55.1 Å². The molecular formula is C28H31ClN8O9P2. The Labute approximate surface area is 278 Å². The predicted molar refractivity (Wildman–Crippen MR) is 179 cm³/mol. The quantitative estimate of drug-likeness (QED) is 0.0509. The second-order valence-corrected chi connectivity index (χ2v) is 15.2.